The number of aliphatic imine (C=N–C) groups is 1. The molecular weight excluding hydrogens is 445 g/mol. The molecule has 1 aliphatic rings. The topological polar surface area (TPSA) is 65.3 Å². The molecule has 1 atom stereocenters. The van der Waals surface area contributed by atoms with E-state index in [-0.39, 0.29) is 30.0 Å². The Morgan fingerprint density at radius 1 is 1.31 bits per heavy atom. The first-order chi connectivity index (χ1) is 12.2. The Bertz CT molecular complexity index is 490. The first-order valence-electron chi connectivity index (χ1n) is 9.22. The van der Waals surface area contributed by atoms with Crippen molar-refractivity contribution in [2.24, 2.45) is 4.99 Å². The van der Waals surface area contributed by atoms with E-state index in [0.717, 1.165) is 64.1 Å². The van der Waals surface area contributed by atoms with Gasteiger partial charge in [0.1, 0.15) is 5.76 Å². The summed E-state index contributed by atoms with van der Waals surface area (Å²) in [7, 11) is 4.09. The maximum absolute atomic E-state index is 5.55. The Kier molecular flexibility index (Phi) is 11.9. The molecule has 2 rings (SSSR count). The predicted molar refractivity (Wildman–Crippen MR) is 116 cm³/mol. The van der Waals surface area contributed by atoms with Crippen molar-refractivity contribution in [3.05, 3.63) is 24.2 Å². The second-order valence-corrected chi connectivity index (χ2v) is 6.45. The molecule has 0 bridgehead atoms. The van der Waals surface area contributed by atoms with Crippen LogP contribution in [-0.2, 0) is 4.74 Å². The van der Waals surface area contributed by atoms with Crippen molar-refractivity contribution in [2.75, 3.05) is 66.6 Å². The highest BCUT2D eigenvalue weighted by molar-refractivity contribution is 14.0. The van der Waals surface area contributed by atoms with Crippen molar-refractivity contribution in [2.45, 2.75) is 19.4 Å². The van der Waals surface area contributed by atoms with Gasteiger partial charge in [-0.2, -0.15) is 0 Å². The summed E-state index contributed by atoms with van der Waals surface area (Å²) in [4.78, 5) is 9.32. The number of hydrogen-bond donors (Lipinski definition) is 2. The van der Waals surface area contributed by atoms with Gasteiger partial charge in [0.2, 0.25) is 0 Å². The third-order valence-corrected chi connectivity index (χ3v) is 4.31. The molecule has 0 amide bonds. The molecule has 1 aromatic rings. The van der Waals surface area contributed by atoms with Gasteiger partial charge in [0, 0.05) is 26.2 Å². The van der Waals surface area contributed by atoms with Crippen LogP contribution in [0.15, 0.2) is 27.8 Å². The molecule has 26 heavy (non-hydrogen) atoms. The molecule has 8 heteroatoms. The van der Waals surface area contributed by atoms with E-state index in [1.165, 1.54) is 0 Å². The Hall–Kier alpha value is -0.840. The first kappa shape index (κ1) is 23.2. The molecule has 0 saturated carbocycles. The summed E-state index contributed by atoms with van der Waals surface area (Å²) in [6.45, 7) is 9.40. The Morgan fingerprint density at radius 2 is 2.08 bits per heavy atom. The number of furan rings is 1. The SMILES string of the molecule is CCNC(=NCC(c1ccco1)N(C)C)NCCCN1CCOCC1.I. The number of nitrogens with zero attached hydrogens (tertiary/aromatic N) is 3. The van der Waals surface area contributed by atoms with Gasteiger partial charge in [0.15, 0.2) is 5.96 Å². The molecule has 0 spiro atoms. The molecule has 0 aliphatic carbocycles. The van der Waals surface area contributed by atoms with E-state index in [4.69, 9.17) is 14.1 Å². The summed E-state index contributed by atoms with van der Waals surface area (Å²) in [6, 6.07) is 4.06. The van der Waals surface area contributed by atoms with Gasteiger partial charge in [-0.15, -0.1) is 24.0 Å². The lowest BCUT2D eigenvalue weighted by Gasteiger charge is -2.26. The van der Waals surface area contributed by atoms with Gasteiger partial charge in [0.05, 0.1) is 32.1 Å². The van der Waals surface area contributed by atoms with E-state index in [1.807, 2.05) is 26.2 Å². The normalized spacial score (nSPS) is 17.0. The number of hydrogen-bond acceptors (Lipinski definition) is 5. The van der Waals surface area contributed by atoms with Gasteiger partial charge < -0.3 is 19.8 Å². The second-order valence-electron chi connectivity index (χ2n) is 6.45. The Morgan fingerprint density at radius 3 is 2.69 bits per heavy atom. The monoisotopic (exact) mass is 479 g/mol. The highest BCUT2D eigenvalue weighted by Gasteiger charge is 2.16. The molecule has 0 aromatic carbocycles. The molecule has 1 aromatic heterocycles. The van der Waals surface area contributed by atoms with Gasteiger partial charge >= 0.3 is 0 Å². The van der Waals surface area contributed by atoms with Crippen LogP contribution in [0, 0.1) is 0 Å². The molecule has 7 nitrogen and oxygen atoms in total. The average molecular weight is 479 g/mol. The van der Waals surface area contributed by atoms with Crippen molar-refractivity contribution in [3.63, 3.8) is 0 Å². The van der Waals surface area contributed by atoms with Crippen LogP contribution in [0.2, 0.25) is 0 Å². The van der Waals surface area contributed by atoms with Crippen LogP contribution in [-0.4, -0.2) is 82.3 Å². The zero-order valence-corrected chi connectivity index (χ0v) is 18.6. The van der Waals surface area contributed by atoms with Crippen LogP contribution < -0.4 is 10.6 Å². The number of guanidine groups is 1. The van der Waals surface area contributed by atoms with E-state index < -0.39 is 0 Å². The predicted octanol–water partition coefficient (Wildman–Crippen LogP) is 1.78. The average Bonchev–Trinajstić information content (AvgIpc) is 3.13. The zero-order valence-electron chi connectivity index (χ0n) is 16.2. The van der Waals surface area contributed by atoms with Crippen molar-refractivity contribution >= 4 is 29.9 Å². The maximum atomic E-state index is 5.55. The summed E-state index contributed by atoms with van der Waals surface area (Å²) in [5, 5.41) is 6.75. The quantitative estimate of drug-likeness (QED) is 0.244. The summed E-state index contributed by atoms with van der Waals surface area (Å²) < 4.78 is 10.9. The molecule has 150 valence electrons. The Labute approximate surface area is 174 Å². The van der Waals surface area contributed by atoms with E-state index in [0.29, 0.717) is 6.54 Å². The lowest BCUT2D eigenvalue weighted by Crippen LogP contribution is -2.41. The third kappa shape index (κ3) is 8.24. The van der Waals surface area contributed by atoms with Gasteiger partial charge in [-0.1, -0.05) is 0 Å². The lowest BCUT2D eigenvalue weighted by molar-refractivity contribution is 0.0376. The third-order valence-electron chi connectivity index (χ3n) is 4.31. The number of rotatable bonds is 9. The fourth-order valence-corrected chi connectivity index (χ4v) is 2.84. The minimum absolute atomic E-state index is 0. The molecule has 1 unspecified atom stereocenters. The first-order valence-corrected chi connectivity index (χ1v) is 9.22. The van der Waals surface area contributed by atoms with Crippen LogP contribution in [0.3, 0.4) is 0 Å². The smallest absolute Gasteiger partial charge is 0.191 e. The highest BCUT2D eigenvalue weighted by atomic mass is 127. The van der Waals surface area contributed by atoms with E-state index >= 15 is 0 Å². The fourth-order valence-electron chi connectivity index (χ4n) is 2.84. The Balaban J connectivity index is 0.00000338. The van der Waals surface area contributed by atoms with Crippen LogP contribution >= 0.6 is 24.0 Å². The molecule has 1 fully saturated rings. The zero-order chi connectivity index (χ0) is 17.9. The largest absolute Gasteiger partial charge is 0.468 e. The fraction of sp³-hybridized carbons (Fsp3) is 0.722. The van der Waals surface area contributed by atoms with Crippen LogP contribution in [0.25, 0.3) is 0 Å². The number of morpholine rings is 1. The van der Waals surface area contributed by atoms with Crippen molar-refractivity contribution < 1.29 is 9.15 Å². The number of likely N-dealkylation sites (N-methyl/N-ethyl adjacent to an activating group) is 1. The van der Waals surface area contributed by atoms with Crippen LogP contribution in [0.5, 0.6) is 0 Å². The number of ether oxygens (including phenoxy) is 1. The van der Waals surface area contributed by atoms with Crippen molar-refractivity contribution in [1.29, 1.82) is 0 Å². The summed E-state index contributed by atoms with van der Waals surface area (Å²) in [5.41, 5.74) is 0. The highest BCUT2D eigenvalue weighted by Crippen LogP contribution is 2.18. The molecule has 1 aliphatic heterocycles. The number of halogens is 1. The number of nitrogens with one attached hydrogen (secondary N) is 2. The van der Waals surface area contributed by atoms with Gasteiger partial charge in [-0.25, -0.2) is 0 Å². The van der Waals surface area contributed by atoms with E-state index in [2.05, 4.69) is 27.4 Å². The van der Waals surface area contributed by atoms with E-state index in [1.54, 1.807) is 6.26 Å². The molecule has 2 heterocycles. The van der Waals surface area contributed by atoms with Gasteiger partial charge in [-0.05, 0) is 46.1 Å². The summed E-state index contributed by atoms with van der Waals surface area (Å²) in [5.74, 6) is 1.81. The van der Waals surface area contributed by atoms with Crippen molar-refractivity contribution in [1.82, 2.24) is 20.4 Å². The standard InChI is InChI=1S/C18H33N5O2.HI/c1-4-19-18(20-8-6-9-23-10-13-24-14-11-23)21-15-16(22(2)3)17-7-5-12-25-17;/h5,7,12,16H,4,6,8-11,13-15H2,1-3H3,(H2,19,20,21);1H. The molecular formula is C18H34IN5O2. The van der Waals surface area contributed by atoms with Crippen LogP contribution in [0.4, 0.5) is 0 Å². The minimum Gasteiger partial charge on any atom is -0.468 e. The maximum Gasteiger partial charge on any atom is 0.191 e. The van der Waals surface area contributed by atoms with Crippen molar-refractivity contribution in [3.8, 4) is 0 Å². The second kappa shape index (κ2) is 13.3. The molecule has 1 saturated heterocycles. The van der Waals surface area contributed by atoms with Gasteiger partial charge in [-0.3, -0.25) is 14.8 Å². The van der Waals surface area contributed by atoms with Crippen LogP contribution in [0.1, 0.15) is 25.1 Å². The lowest BCUT2D eigenvalue weighted by atomic mass is 10.2. The minimum atomic E-state index is 0. The summed E-state index contributed by atoms with van der Waals surface area (Å²) in [6.07, 6.45) is 2.81. The summed E-state index contributed by atoms with van der Waals surface area (Å²) >= 11 is 0. The van der Waals surface area contributed by atoms with Gasteiger partial charge in [0.25, 0.3) is 0 Å². The molecule has 0 radical (unpaired) electrons. The molecule has 2 N–H and O–H groups in total. The van der Waals surface area contributed by atoms with E-state index in [9.17, 15) is 0 Å².